The van der Waals surface area contributed by atoms with E-state index >= 15 is 0 Å². The molecule has 5 nitrogen and oxygen atoms in total. The van der Waals surface area contributed by atoms with E-state index in [0.29, 0.717) is 12.3 Å². The van der Waals surface area contributed by atoms with E-state index in [2.05, 4.69) is 10.3 Å². The van der Waals surface area contributed by atoms with Crippen LogP contribution in [0.2, 0.25) is 0 Å². The molecule has 1 heterocycles. The number of carboxylic acid groups (broad SMARTS) is 1. The summed E-state index contributed by atoms with van der Waals surface area (Å²) < 4.78 is 4.99. The number of hydrogen-bond acceptors (Lipinski definition) is 4. The Labute approximate surface area is 91.7 Å². The fourth-order valence-corrected chi connectivity index (χ4v) is 1.31. The second-order valence-electron chi connectivity index (χ2n) is 3.15. The lowest BCUT2D eigenvalue weighted by molar-refractivity contribution is 0.0689. The van der Waals surface area contributed by atoms with Crippen LogP contribution >= 0.6 is 0 Å². The van der Waals surface area contributed by atoms with Gasteiger partial charge in [-0.25, -0.2) is 9.78 Å². The molecule has 1 aromatic heterocycles. The molecule has 82 valence electrons. The summed E-state index contributed by atoms with van der Waals surface area (Å²) in [5, 5.41) is 11.8. The van der Waals surface area contributed by atoms with Crippen LogP contribution in [-0.4, -0.2) is 16.1 Å². The van der Waals surface area contributed by atoms with Crippen molar-refractivity contribution in [2.75, 3.05) is 5.32 Å². The van der Waals surface area contributed by atoms with Crippen LogP contribution in [0.15, 0.2) is 41.1 Å². The lowest BCUT2D eigenvalue weighted by Gasteiger charge is -2.03. The SMILES string of the molecule is O=C(O)c1ncoc1CNc1ccccc1. The molecular formula is C11H10N2O3. The first-order valence-electron chi connectivity index (χ1n) is 4.72. The molecule has 16 heavy (non-hydrogen) atoms. The number of carboxylic acids is 1. The number of hydrogen-bond donors (Lipinski definition) is 2. The Kier molecular flexibility index (Phi) is 2.86. The average molecular weight is 218 g/mol. The third-order valence-corrected chi connectivity index (χ3v) is 2.07. The van der Waals surface area contributed by atoms with Gasteiger partial charge in [0.1, 0.15) is 0 Å². The molecule has 2 aromatic rings. The van der Waals surface area contributed by atoms with Gasteiger partial charge in [0.25, 0.3) is 0 Å². The first kappa shape index (κ1) is 10.2. The highest BCUT2D eigenvalue weighted by atomic mass is 16.4. The molecule has 5 heteroatoms. The van der Waals surface area contributed by atoms with Gasteiger partial charge in [-0.15, -0.1) is 0 Å². The molecule has 0 aliphatic carbocycles. The molecule has 0 fully saturated rings. The van der Waals surface area contributed by atoms with Crippen molar-refractivity contribution >= 4 is 11.7 Å². The molecule has 0 unspecified atom stereocenters. The van der Waals surface area contributed by atoms with Gasteiger partial charge >= 0.3 is 5.97 Å². The Morgan fingerprint density at radius 3 is 2.81 bits per heavy atom. The zero-order valence-corrected chi connectivity index (χ0v) is 8.38. The van der Waals surface area contributed by atoms with Crippen LogP contribution < -0.4 is 5.32 Å². The number of nitrogens with one attached hydrogen (secondary N) is 1. The van der Waals surface area contributed by atoms with Crippen molar-refractivity contribution in [3.63, 3.8) is 0 Å². The highest BCUT2D eigenvalue weighted by Crippen LogP contribution is 2.11. The minimum Gasteiger partial charge on any atom is -0.476 e. The van der Waals surface area contributed by atoms with Gasteiger partial charge < -0.3 is 14.8 Å². The van der Waals surface area contributed by atoms with E-state index in [1.54, 1.807) is 0 Å². The number of rotatable bonds is 4. The zero-order chi connectivity index (χ0) is 11.4. The second-order valence-corrected chi connectivity index (χ2v) is 3.15. The van der Waals surface area contributed by atoms with Crippen molar-refractivity contribution in [1.82, 2.24) is 4.98 Å². The highest BCUT2D eigenvalue weighted by Gasteiger charge is 2.14. The largest absolute Gasteiger partial charge is 0.476 e. The van der Waals surface area contributed by atoms with Crippen LogP contribution in [-0.2, 0) is 6.54 Å². The van der Waals surface area contributed by atoms with Gasteiger partial charge in [-0.2, -0.15) is 0 Å². The molecule has 0 spiro atoms. The number of anilines is 1. The molecule has 0 amide bonds. The number of benzene rings is 1. The number of oxazole rings is 1. The molecule has 0 bridgehead atoms. The molecule has 0 radical (unpaired) electrons. The molecule has 0 saturated carbocycles. The normalized spacial score (nSPS) is 10.0. The van der Waals surface area contributed by atoms with E-state index in [0.717, 1.165) is 12.1 Å². The van der Waals surface area contributed by atoms with E-state index in [4.69, 9.17) is 9.52 Å². The van der Waals surface area contributed by atoms with Crippen LogP contribution in [0.1, 0.15) is 16.2 Å². The number of nitrogens with zero attached hydrogens (tertiary/aromatic N) is 1. The van der Waals surface area contributed by atoms with E-state index < -0.39 is 5.97 Å². The lowest BCUT2D eigenvalue weighted by atomic mass is 10.3. The predicted molar refractivity (Wildman–Crippen MR) is 57.2 cm³/mol. The summed E-state index contributed by atoms with van der Waals surface area (Å²) in [6.45, 7) is 0.297. The Morgan fingerprint density at radius 1 is 1.38 bits per heavy atom. The van der Waals surface area contributed by atoms with Gasteiger partial charge in [0, 0.05) is 5.69 Å². The summed E-state index contributed by atoms with van der Waals surface area (Å²) in [4.78, 5) is 14.4. The standard InChI is InChI=1S/C11H10N2O3/c14-11(15)10-9(16-7-13-10)6-12-8-4-2-1-3-5-8/h1-5,7,12H,6H2,(H,14,15). The summed E-state index contributed by atoms with van der Waals surface area (Å²) >= 11 is 0. The second kappa shape index (κ2) is 4.48. The number of para-hydroxylation sites is 1. The van der Waals surface area contributed by atoms with Crippen molar-refractivity contribution in [3.8, 4) is 0 Å². The summed E-state index contributed by atoms with van der Waals surface area (Å²) in [5.41, 5.74) is 0.846. The summed E-state index contributed by atoms with van der Waals surface area (Å²) in [6, 6.07) is 9.46. The molecule has 0 atom stereocenters. The van der Waals surface area contributed by atoms with Crippen molar-refractivity contribution in [2.45, 2.75) is 6.54 Å². The number of aromatic carboxylic acids is 1. The van der Waals surface area contributed by atoms with Gasteiger partial charge in [0.05, 0.1) is 6.54 Å². The first-order chi connectivity index (χ1) is 7.77. The molecule has 0 saturated heterocycles. The maximum Gasteiger partial charge on any atom is 0.358 e. The molecule has 2 rings (SSSR count). The Morgan fingerprint density at radius 2 is 2.12 bits per heavy atom. The minimum absolute atomic E-state index is 0.0524. The molecule has 2 N–H and O–H groups in total. The summed E-state index contributed by atoms with van der Waals surface area (Å²) in [6.07, 6.45) is 1.13. The Balaban J connectivity index is 2.05. The van der Waals surface area contributed by atoms with E-state index in [-0.39, 0.29) is 5.69 Å². The monoisotopic (exact) mass is 218 g/mol. The van der Waals surface area contributed by atoms with Crippen molar-refractivity contribution < 1.29 is 14.3 Å². The summed E-state index contributed by atoms with van der Waals surface area (Å²) in [7, 11) is 0. The lowest BCUT2D eigenvalue weighted by Crippen LogP contribution is -2.05. The van der Waals surface area contributed by atoms with Gasteiger partial charge in [-0.3, -0.25) is 0 Å². The first-order valence-corrected chi connectivity index (χ1v) is 4.72. The number of aromatic nitrogens is 1. The maximum atomic E-state index is 10.7. The average Bonchev–Trinajstić information content (AvgIpc) is 2.76. The van der Waals surface area contributed by atoms with E-state index in [9.17, 15) is 4.79 Å². The van der Waals surface area contributed by atoms with Crippen LogP contribution in [0, 0.1) is 0 Å². The Hall–Kier alpha value is -2.30. The van der Waals surface area contributed by atoms with Crippen molar-refractivity contribution in [3.05, 3.63) is 48.2 Å². The smallest absolute Gasteiger partial charge is 0.358 e. The molecule has 1 aromatic carbocycles. The third-order valence-electron chi connectivity index (χ3n) is 2.07. The molecule has 0 aliphatic heterocycles. The summed E-state index contributed by atoms with van der Waals surface area (Å²) in [5.74, 6) is -0.769. The van der Waals surface area contributed by atoms with Gasteiger partial charge in [-0.05, 0) is 12.1 Å². The maximum absolute atomic E-state index is 10.7. The van der Waals surface area contributed by atoms with E-state index in [1.165, 1.54) is 0 Å². The number of carbonyl (C=O) groups is 1. The molecule has 0 aliphatic rings. The van der Waals surface area contributed by atoms with Crippen molar-refractivity contribution in [1.29, 1.82) is 0 Å². The quantitative estimate of drug-likeness (QED) is 0.820. The van der Waals surface area contributed by atoms with Crippen molar-refractivity contribution in [2.24, 2.45) is 0 Å². The zero-order valence-electron chi connectivity index (χ0n) is 8.38. The van der Waals surface area contributed by atoms with Crippen LogP contribution in [0.4, 0.5) is 5.69 Å². The van der Waals surface area contributed by atoms with Crippen LogP contribution in [0.3, 0.4) is 0 Å². The van der Waals surface area contributed by atoms with Gasteiger partial charge in [-0.1, -0.05) is 18.2 Å². The topological polar surface area (TPSA) is 75.4 Å². The third kappa shape index (κ3) is 2.20. The fraction of sp³-hybridized carbons (Fsp3) is 0.0909. The minimum atomic E-state index is -1.08. The van der Waals surface area contributed by atoms with E-state index in [1.807, 2.05) is 30.3 Å². The Bertz CT molecular complexity index is 479. The van der Waals surface area contributed by atoms with Gasteiger partial charge in [0.15, 0.2) is 17.8 Å². The highest BCUT2D eigenvalue weighted by molar-refractivity contribution is 5.86. The molecular weight excluding hydrogens is 208 g/mol. The van der Waals surface area contributed by atoms with Gasteiger partial charge in [0.2, 0.25) is 0 Å². The predicted octanol–water partition coefficient (Wildman–Crippen LogP) is 1.98. The van der Waals surface area contributed by atoms with Crippen LogP contribution in [0.25, 0.3) is 0 Å². The fourth-order valence-electron chi connectivity index (χ4n) is 1.31. The van der Waals surface area contributed by atoms with Crippen LogP contribution in [0.5, 0.6) is 0 Å².